The lowest BCUT2D eigenvalue weighted by atomic mass is 9.89. The number of aromatic nitrogens is 2. The molecule has 1 aromatic heterocycles. The van der Waals surface area contributed by atoms with Gasteiger partial charge < -0.3 is 20.6 Å². The summed E-state index contributed by atoms with van der Waals surface area (Å²) in [6.07, 6.45) is 3.75. The van der Waals surface area contributed by atoms with Crippen LogP contribution < -0.4 is 15.5 Å². The molecule has 2 aromatic carbocycles. The molecule has 0 bridgehead atoms. The minimum absolute atomic E-state index is 0.0342. The number of halogens is 1. The molecule has 212 valence electrons. The van der Waals surface area contributed by atoms with Gasteiger partial charge in [-0.1, -0.05) is 35.9 Å². The zero-order valence-corrected chi connectivity index (χ0v) is 23.8. The van der Waals surface area contributed by atoms with Crippen LogP contribution in [-0.4, -0.2) is 61.4 Å². The highest BCUT2D eigenvalue weighted by Gasteiger charge is 2.32. The van der Waals surface area contributed by atoms with E-state index in [1.807, 2.05) is 36.4 Å². The molecule has 3 aromatic rings. The molecule has 11 heteroatoms. The molecule has 2 aliphatic heterocycles. The van der Waals surface area contributed by atoms with Crippen LogP contribution in [0.1, 0.15) is 48.4 Å². The van der Waals surface area contributed by atoms with Gasteiger partial charge in [-0.25, -0.2) is 13.4 Å². The molecule has 0 atom stereocenters. The average molecular weight is 584 g/mol. The molecule has 0 radical (unpaired) electrons. The zero-order chi connectivity index (χ0) is 28.1. The van der Waals surface area contributed by atoms with Crippen LogP contribution >= 0.6 is 11.6 Å². The van der Waals surface area contributed by atoms with Gasteiger partial charge >= 0.3 is 0 Å². The average Bonchev–Trinajstić information content (AvgIpc) is 2.94. The summed E-state index contributed by atoms with van der Waals surface area (Å²) in [4.78, 5) is 23.9. The fourth-order valence-corrected chi connectivity index (χ4v) is 7.04. The van der Waals surface area contributed by atoms with Crippen LogP contribution in [-0.2, 0) is 27.5 Å². The molecule has 0 aliphatic carbocycles. The Morgan fingerprint density at radius 1 is 1.05 bits per heavy atom. The highest BCUT2D eigenvalue weighted by Crippen LogP contribution is 2.35. The Morgan fingerprint density at radius 3 is 2.48 bits per heavy atom. The van der Waals surface area contributed by atoms with E-state index in [9.17, 15) is 13.2 Å². The predicted molar refractivity (Wildman–Crippen MR) is 156 cm³/mol. The van der Waals surface area contributed by atoms with Crippen LogP contribution in [0.2, 0.25) is 5.02 Å². The second kappa shape index (κ2) is 12.5. The van der Waals surface area contributed by atoms with Gasteiger partial charge in [0.2, 0.25) is 11.9 Å². The first-order valence-corrected chi connectivity index (χ1v) is 15.7. The summed E-state index contributed by atoms with van der Waals surface area (Å²) < 4.78 is 26.2. The number of nitrogens with one attached hydrogen (secondary N) is 2. The number of hydrogen-bond donors (Lipinski definition) is 3. The summed E-state index contributed by atoms with van der Waals surface area (Å²) in [7, 11) is -3.51. The summed E-state index contributed by atoms with van der Waals surface area (Å²) in [5.74, 6) is 1.24. The molecule has 40 heavy (non-hydrogen) atoms. The van der Waals surface area contributed by atoms with E-state index in [0.717, 1.165) is 36.5 Å². The van der Waals surface area contributed by atoms with Crippen LogP contribution in [0.25, 0.3) is 0 Å². The molecular weight excluding hydrogens is 550 g/mol. The quantitative estimate of drug-likeness (QED) is 0.323. The summed E-state index contributed by atoms with van der Waals surface area (Å²) in [5, 5.41) is 15.6. The van der Waals surface area contributed by atoms with E-state index in [-0.39, 0.29) is 29.6 Å². The number of carbonyl (C=O) groups is 1. The van der Waals surface area contributed by atoms with Gasteiger partial charge in [0.05, 0.1) is 17.9 Å². The van der Waals surface area contributed by atoms with Gasteiger partial charge in [0.1, 0.15) is 4.90 Å². The molecule has 1 saturated heterocycles. The Hall–Kier alpha value is -3.21. The summed E-state index contributed by atoms with van der Waals surface area (Å²) in [5.41, 5.74) is 3.34. The monoisotopic (exact) mass is 583 g/mol. The lowest BCUT2D eigenvalue weighted by molar-refractivity contribution is -0.120. The highest BCUT2D eigenvalue weighted by molar-refractivity contribution is 7.91. The number of carbonyl (C=O) groups excluding carboxylic acids is 1. The first kappa shape index (κ1) is 28.3. The van der Waals surface area contributed by atoms with Gasteiger partial charge in [0, 0.05) is 37.0 Å². The number of amides is 1. The topological polar surface area (TPSA) is 125 Å². The normalized spacial score (nSPS) is 16.8. The fourth-order valence-electron chi connectivity index (χ4n) is 5.28. The van der Waals surface area contributed by atoms with Crippen molar-refractivity contribution in [2.45, 2.75) is 49.3 Å². The molecular formula is C29H34ClN5O4S. The number of piperidine rings is 1. The van der Waals surface area contributed by atoms with E-state index in [4.69, 9.17) is 26.7 Å². The number of rotatable bonds is 9. The SMILES string of the molecule is O=C(Cc1ccc(Nc2nc(N3CCC(c4ccc(Cl)cc4)CC3)nc3c2S(=O)(=O)CCC3)cc1)NCCCO. The van der Waals surface area contributed by atoms with Gasteiger partial charge in [0.15, 0.2) is 15.7 Å². The maximum absolute atomic E-state index is 13.1. The van der Waals surface area contributed by atoms with Crippen LogP contribution in [0.3, 0.4) is 0 Å². The van der Waals surface area contributed by atoms with Crippen molar-refractivity contribution < 1.29 is 18.3 Å². The minimum Gasteiger partial charge on any atom is -0.396 e. The molecule has 0 spiro atoms. The maximum atomic E-state index is 13.1. The number of fused-ring (bicyclic) bond motifs is 1. The zero-order valence-electron chi connectivity index (χ0n) is 22.3. The van der Waals surface area contributed by atoms with Crippen molar-refractivity contribution in [1.29, 1.82) is 0 Å². The van der Waals surface area contributed by atoms with Gasteiger partial charge in [-0.15, -0.1) is 0 Å². The number of sulfone groups is 1. The number of anilines is 3. The maximum Gasteiger partial charge on any atom is 0.227 e. The van der Waals surface area contributed by atoms with Gasteiger partial charge in [-0.3, -0.25) is 4.79 Å². The number of aliphatic hydroxyl groups excluding tert-OH is 1. The van der Waals surface area contributed by atoms with E-state index >= 15 is 0 Å². The minimum atomic E-state index is -3.51. The molecule has 3 N–H and O–H groups in total. The smallest absolute Gasteiger partial charge is 0.227 e. The van der Waals surface area contributed by atoms with Crippen molar-refractivity contribution in [2.24, 2.45) is 0 Å². The molecule has 1 fully saturated rings. The van der Waals surface area contributed by atoms with Crippen LogP contribution in [0, 0.1) is 0 Å². The van der Waals surface area contributed by atoms with Crippen molar-refractivity contribution in [3.05, 3.63) is 70.4 Å². The number of hydrogen-bond acceptors (Lipinski definition) is 8. The Balaban J connectivity index is 1.33. The van der Waals surface area contributed by atoms with Crippen molar-refractivity contribution >= 4 is 44.8 Å². The molecule has 3 heterocycles. The van der Waals surface area contributed by atoms with E-state index in [0.29, 0.717) is 54.9 Å². The van der Waals surface area contributed by atoms with E-state index < -0.39 is 9.84 Å². The van der Waals surface area contributed by atoms with Crippen molar-refractivity contribution in [3.63, 3.8) is 0 Å². The second-order valence-electron chi connectivity index (χ2n) is 10.3. The first-order valence-electron chi connectivity index (χ1n) is 13.7. The summed E-state index contributed by atoms with van der Waals surface area (Å²) in [6.45, 7) is 2.01. The Morgan fingerprint density at radius 2 is 1.77 bits per heavy atom. The number of aliphatic hydroxyl groups is 1. The summed E-state index contributed by atoms with van der Waals surface area (Å²) >= 11 is 6.06. The second-order valence-corrected chi connectivity index (χ2v) is 12.8. The van der Waals surface area contributed by atoms with E-state index in [2.05, 4.69) is 27.7 Å². The molecule has 2 aliphatic rings. The third-order valence-electron chi connectivity index (χ3n) is 7.42. The Kier molecular flexibility index (Phi) is 8.87. The van der Waals surface area contributed by atoms with Crippen molar-refractivity contribution in [3.8, 4) is 0 Å². The van der Waals surface area contributed by atoms with Crippen LogP contribution in [0.5, 0.6) is 0 Å². The van der Waals surface area contributed by atoms with E-state index in [1.54, 1.807) is 0 Å². The third kappa shape index (κ3) is 6.74. The lowest BCUT2D eigenvalue weighted by Crippen LogP contribution is -2.35. The van der Waals surface area contributed by atoms with Crippen LogP contribution in [0.15, 0.2) is 53.4 Å². The Labute approximate surface area is 239 Å². The number of nitrogens with zero attached hydrogens (tertiary/aromatic N) is 3. The summed E-state index contributed by atoms with van der Waals surface area (Å²) in [6, 6.07) is 15.3. The molecule has 0 saturated carbocycles. The molecule has 0 unspecified atom stereocenters. The fraction of sp³-hybridized carbons (Fsp3) is 0.414. The lowest BCUT2D eigenvalue weighted by Gasteiger charge is -2.33. The number of aryl methyl sites for hydroxylation is 1. The van der Waals surface area contributed by atoms with Gasteiger partial charge in [-0.05, 0) is 73.4 Å². The molecule has 9 nitrogen and oxygen atoms in total. The first-order chi connectivity index (χ1) is 19.3. The largest absolute Gasteiger partial charge is 0.396 e. The van der Waals surface area contributed by atoms with Gasteiger partial charge in [0.25, 0.3) is 0 Å². The molecule has 1 amide bonds. The van der Waals surface area contributed by atoms with Crippen molar-refractivity contribution in [2.75, 3.05) is 42.2 Å². The van der Waals surface area contributed by atoms with Gasteiger partial charge in [-0.2, -0.15) is 4.98 Å². The van der Waals surface area contributed by atoms with Crippen molar-refractivity contribution in [1.82, 2.24) is 15.3 Å². The number of benzene rings is 2. The molecule has 5 rings (SSSR count). The Bertz CT molecular complexity index is 1440. The van der Waals surface area contributed by atoms with E-state index in [1.165, 1.54) is 5.56 Å². The third-order valence-corrected chi connectivity index (χ3v) is 9.55. The predicted octanol–water partition coefficient (Wildman–Crippen LogP) is 4.02. The van der Waals surface area contributed by atoms with Crippen LogP contribution in [0.4, 0.5) is 17.5 Å². The standard InChI is InChI=1S/C29H34ClN5O4S/c30-23-8-6-21(7-9-23)22-12-15-35(16-13-22)29-33-25-3-1-18-40(38,39)27(25)28(34-29)32-24-10-4-20(5-11-24)19-26(37)31-14-2-17-36/h4-11,22,36H,1-3,12-19H2,(H,31,37)(H,32,33,34). The highest BCUT2D eigenvalue weighted by atomic mass is 35.5.